The number of carbonyl (C=O) groups excluding carboxylic acids is 1. The van der Waals surface area contributed by atoms with E-state index in [-0.39, 0.29) is 29.0 Å². The number of aliphatic carboxylic acids is 1. The highest BCUT2D eigenvalue weighted by Crippen LogP contribution is 2.23. The summed E-state index contributed by atoms with van der Waals surface area (Å²) >= 11 is 0. The average Bonchev–Trinajstić information content (AvgIpc) is 2.90. The second-order valence-corrected chi connectivity index (χ2v) is 8.77. The van der Waals surface area contributed by atoms with E-state index in [1.165, 1.54) is 26.7 Å². The highest BCUT2D eigenvalue weighted by atomic mass is 19.4. The van der Waals surface area contributed by atoms with Crippen LogP contribution < -0.4 is 15.8 Å². The number of carboxylic acid groups (broad SMARTS) is 1. The summed E-state index contributed by atoms with van der Waals surface area (Å²) in [6, 6.07) is 0. The number of carbonyl (C=O) groups is 2. The number of hydrogen-bond acceptors (Lipinski definition) is 8. The summed E-state index contributed by atoms with van der Waals surface area (Å²) in [5.41, 5.74) is 6.34. The predicted molar refractivity (Wildman–Crippen MR) is 142 cm³/mol. The Labute approximate surface area is 226 Å². The van der Waals surface area contributed by atoms with Gasteiger partial charge in [-0.05, 0) is 50.8 Å². The summed E-state index contributed by atoms with van der Waals surface area (Å²) in [5, 5.41) is 11.2. The molecule has 0 saturated heterocycles. The number of anilines is 1. The van der Waals surface area contributed by atoms with E-state index < -0.39 is 24.5 Å². The molecule has 0 bridgehead atoms. The van der Waals surface area contributed by atoms with Gasteiger partial charge in [-0.1, -0.05) is 38.3 Å². The number of rotatable bonds is 11. The lowest BCUT2D eigenvalue weighted by Gasteiger charge is -2.16. The Balaban J connectivity index is 0.000000708. The molecule has 0 spiro atoms. The van der Waals surface area contributed by atoms with E-state index in [0.29, 0.717) is 11.3 Å². The number of methoxy groups -OCH3 is 1. The number of alkyl halides is 3. The molecule has 1 aliphatic carbocycles. The summed E-state index contributed by atoms with van der Waals surface area (Å²) in [5.74, 6) is -0.832. The van der Waals surface area contributed by atoms with Crippen LogP contribution in [0.1, 0.15) is 59.3 Å². The van der Waals surface area contributed by atoms with E-state index in [1.807, 2.05) is 13.0 Å². The summed E-state index contributed by atoms with van der Waals surface area (Å²) in [4.78, 5) is 30.7. The Hall–Kier alpha value is -3.83. The third-order valence-electron chi connectivity index (χ3n) is 5.43. The van der Waals surface area contributed by atoms with Crippen molar-refractivity contribution in [2.24, 2.45) is 11.7 Å². The molecule has 0 aromatic carbocycles. The maximum Gasteiger partial charge on any atom is 0.422 e. The molecule has 12 heteroatoms. The van der Waals surface area contributed by atoms with Crippen molar-refractivity contribution in [3.63, 3.8) is 0 Å². The van der Waals surface area contributed by atoms with Gasteiger partial charge in [0.2, 0.25) is 11.7 Å². The lowest BCUT2D eigenvalue weighted by atomic mass is 9.90. The van der Waals surface area contributed by atoms with Crippen molar-refractivity contribution in [3.8, 4) is 5.88 Å². The van der Waals surface area contributed by atoms with Gasteiger partial charge in [-0.3, -0.25) is 14.6 Å². The van der Waals surface area contributed by atoms with E-state index in [4.69, 9.17) is 15.6 Å². The summed E-state index contributed by atoms with van der Waals surface area (Å²) in [7, 11) is 1.51. The molecule has 0 atom stereocenters. The summed E-state index contributed by atoms with van der Waals surface area (Å²) in [6.07, 6.45) is 10.7. The van der Waals surface area contributed by atoms with Crippen molar-refractivity contribution in [1.29, 1.82) is 0 Å². The Morgan fingerprint density at radius 1 is 1.18 bits per heavy atom. The molecule has 0 aliphatic heterocycles. The standard InChI is InChI=1S/C20H25F3N4O3.C7H12O2/c1-5-6-7-15(29-4)9-8-13(2)19(28)18(14(3)24)27-16-10-25-11-17(26-16)30-12-20(21,22)23;8-7(9)6-4-2-1-3-5-6/h6-11H,5,12,24H2,1-4H3,(H,26,27);6H,1-5H2,(H,8,9)/b7-6+,13-8+,15-9+,18-14+;. The number of nitrogens with zero attached hydrogens (tertiary/aromatic N) is 2. The van der Waals surface area contributed by atoms with Gasteiger partial charge in [0.1, 0.15) is 11.5 Å². The molecular weight excluding hydrogens is 517 g/mol. The maximum absolute atomic E-state index is 12.8. The number of halogens is 3. The zero-order chi connectivity index (χ0) is 29.4. The van der Waals surface area contributed by atoms with Gasteiger partial charge in [-0.2, -0.15) is 18.2 Å². The first-order valence-corrected chi connectivity index (χ1v) is 12.5. The first-order valence-electron chi connectivity index (χ1n) is 12.5. The number of allylic oxidation sites excluding steroid dienone is 6. The molecule has 2 rings (SSSR count). The number of ether oxygens (including phenoxy) is 2. The molecule has 4 N–H and O–H groups in total. The zero-order valence-electron chi connectivity index (χ0n) is 22.7. The summed E-state index contributed by atoms with van der Waals surface area (Å²) < 4.78 is 46.6. The monoisotopic (exact) mass is 554 g/mol. The van der Waals surface area contributed by atoms with Crippen molar-refractivity contribution in [2.75, 3.05) is 19.0 Å². The smallest absolute Gasteiger partial charge is 0.422 e. The Bertz CT molecular complexity index is 1070. The molecule has 0 amide bonds. The largest absolute Gasteiger partial charge is 0.497 e. The fraction of sp³-hybridized carbons (Fsp3) is 0.481. The van der Waals surface area contributed by atoms with E-state index in [0.717, 1.165) is 38.3 Å². The number of carboxylic acids is 1. The van der Waals surface area contributed by atoms with Crippen LogP contribution in [0.2, 0.25) is 0 Å². The molecule has 1 aromatic heterocycles. The molecule has 1 saturated carbocycles. The van der Waals surface area contributed by atoms with Crippen molar-refractivity contribution in [3.05, 3.63) is 59.4 Å². The molecule has 0 radical (unpaired) electrons. The molecule has 1 aliphatic rings. The van der Waals surface area contributed by atoms with Crippen LogP contribution in [-0.4, -0.2) is 46.7 Å². The first kappa shape index (κ1) is 33.2. The number of aromatic nitrogens is 2. The van der Waals surface area contributed by atoms with Crippen LogP contribution in [0.5, 0.6) is 5.88 Å². The highest BCUT2D eigenvalue weighted by molar-refractivity contribution is 6.10. The van der Waals surface area contributed by atoms with Crippen LogP contribution in [0.15, 0.2) is 59.4 Å². The molecule has 1 heterocycles. The fourth-order valence-corrected chi connectivity index (χ4v) is 3.35. The van der Waals surface area contributed by atoms with Gasteiger partial charge in [0.05, 0.1) is 25.4 Å². The van der Waals surface area contributed by atoms with E-state index >= 15 is 0 Å². The van der Waals surface area contributed by atoms with Crippen molar-refractivity contribution < 1.29 is 37.3 Å². The third kappa shape index (κ3) is 13.5. The molecule has 9 nitrogen and oxygen atoms in total. The molecule has 1 fully saturated rings. The fourth-order valence-electron chi connectivity index (χ4n) is 3.35. The molecule has 39 heavy (non-hydrogen) atoms. The number of Topliss-reactive ketones (excluding diaryl/α,β-unsaturated/α-hetero) is 1. The van der Waals surface area contributed by atoms with Crippen molar-refractivity contribution in [1.82, 2.24) is 9.97 Å². The molecular formula is C27H37F3N4O5. The number of nitrogens with one attached hydrogen (secondary N) is 1. The second kappa shape index (κ2) is 16.9. The lowest BCUT2D eigenvalue weighted by molar-refractivity contribution is -0.154. The van der Waals surface area contributed by atoms with Crippen LogP contribution in [0.3, 0.4) is 0 Å². The van der Waals surface area contributed by atoms with Gasteiger partial charge < -0.3 is 25.6 Å². The van der Waals surface area contributed by atoms with Crippen LogP contribution in [0, 0.1) is 5.92 Å². The highest BCUT2D eigenvalue weighted by Gasteiger charge is 2.28. The van der Waals surface area contributed by atoms with E-state index in [2.05, 4.69) is 20.0 Å². The van der Waals surface area contributed by atoms with E-state index in [9.17, 15) is 22.8 Å². The van der Waals surface area contributed by atoms with Gasteiger partial charge in [0.25, 0.3) is 0 Å². The topological polar surface area (TPSA) is 137 Å². The minimum absolute atomic E-state index is 0.00891. The Morgan fingerprint density at radius 3 is 2.36 bits per heavy atom. The third-order valence-corrected chi connectivity index (χ3v) is 5.43. The maximum atomic E-state index is 12.8. The van der Waals surface area contributed by atoms with Crippen LogP contribution in [-0.2, 0) is 14.3 Å². The van der Waals surface area contributed by atoms with Crippen molar-refractivity contribution in [2.45, 2.75) is 65.5 Å². The SMILES string of the molecule is CC/C=C/C(=C\C=C(/C)C(=O)/C(Nc1cncc(OCC(F)(F)F)n1)=C(/C)N)OC.O=C(O)C1CCCCC1. The first-order chi connectivity index (χ1) is 18.4. The number of nitrogens with two attached hydrogens (primary N) is 1. The lowest BCUT2D eigenvalue weighted by Crippen LogP contribution is -2.20. The van der Waals surface area contributed by atoms with Gasteiger partial charge in [-0.25, -0.2) is 0 Å². The quantitative estimate of drug-likeness (QED) is 0.179. The molecule has 0 unspecified atom stereocenters. The minimum Gasteiger partial charge on any atom is -0.497 e. The van der Waals surface area contributed by atoms with Gasteiger partial charge in [0, 0.05) is 5.70 Å². The minimum atomic E-state index is -4.51. The predicted octanol–water partition coefficient (Wildman–Crippen LogP) is 5.68. The second-order valence-electron chi connectivity index (χ2n) is 8.77. The Kier molecular flexibility index (Phi) is 14.4. The Morgan fingerprint density at radius 2 is 1.85 bits per heavy atom. The van der Waals surface area contributed by atoms with Gasteiger partial charge in [-0.15, -0.1) is 0 Å². The van der Waals surface area contributed by atoms with E-state index in [1.54, 1.807) is 25.2 Å². The number of ketones is 1. The zero-order valence-corrected chi connectivity index (χ0v) is 22.7. The van der Waals surface area contributed by atoms with Gasteiger partial charge in [0.15, 0.2) is 12.4 Å². The van der Waals surface area contributed by atoms with Crippen molar-refractivity contribution >= 4 is 17.6 Å². The molecule has 1 aromatic rings. The average molecular weight is 555 g/mol. The molecule has 216 valence electrons. The summed E-state index contributed by atoms with van der Waals surface area (Å²) in [6.45, 7) is 3.57. The normalized spacial score (nSPS) is 15.7. The van der Waals surface area contributed by atoms with Crippen LogP contribution in [0.4, 0.5) is 19.0 Å². The van der Waals surface area contributed by atoms with Gasteiger partial charge >= 0.3 is 12.1 Å². The van der Waals surface area contributed by atoms with Crippen LogP contribution >= 0.6 is 0 Å². The van der Waals surface area contributed by atoms with Crippen LogP contribution in [0.25, 0.3) is 0 Å². The number of hydrogen-bond donors (Lipinski definition) is 3.